The molecule has 1 saturated heterocycles. The summed E-state index contributed by atoms with van der Waals surface area (Å²) in [5, 5.41) is 12.6. The second kappa shape index (κ2) is 6.77. The predicted molar refractivity (Wildman–Crippen MR) is 81.0 cm³/mol. The van der Waals surface area contributed by atoms with E-state index < -0.39 is 11.4 Å². The highest BCUT2D eigenvalue weighted by molar-refractivity contribution is 5.81. The number of carbonyl (C=O) groups excluding carboxylic acids is 1. The third-order valence-electron chi connectivity index (χ3n) is 5.51. The number of hydrogen-bond acceptors (Lipinski definition) is 3. The minimum Gasteiger partial charge on any atom is -0.481 e. The second-order valence-corrected chi connectivity index (χ2v) is 6.64. The van der Waals surface area contributed by atoms with Gasteiger partial charge in [-0.25, -0.2) is 0 Å². The summed E-state index contributed by atoms with van der Waals surface area (Å²) in [5.74, 6) is -0.589. The molecule has 1 atom stereocenters. The number of nitrogens with zero attached hydrogens (tertiary/aromatic N) is 1. The summed E-state index contributed by atoms with van der Waals surface area (Å²) in [4.78, 5) is 25.9. The Bertz CT molecular complexity index is 383. The molecular weight excluding hydrogens is 268 g/mol. The lowest BCUT2D eigenvalue weighted by molar-refractivity contribution is -0.153. The molecule has 1 unspecified atom stereocenters. The van der Waals surface area contributed by atoms with Crippen LogP contribution in [0.4, 0.5) is 0 Å². The van der Waals surface area contributed by atoms with Gasteiger partial charge in [-0.1, -0.05) is 19.8 Å². The van der Waals surface area contributed by atoms with Crippen molar-refractivity contribution in [2.45, 2.75) is 70.9 Å². The lowest BCUT2D eigenvalue weighted by Gasteiger charge is -2.40. The Morgan fingerprint density at radius 2 is 1.86 bits per heavy atom. The summed E-state index contributed by atoms with van der Waals surface area (Å²) in [7, 11) is 0. The fraction of sp³-hybridized carbons (Fsp3) is 0.875. The fourth-order valence-corrected chi connectivity index (χ4v) is 3.62. The summed E-state index contributed by atoms with van der Waals surface area (Å²) in [6.07, 6.45) is 6.55. The molecule has 120 valence electrons. The van der Waals surface area contributed by atoms with Crippen LogP contribution in [0.2, 0.25) is 0 Å². The molecule has 0 bridgehead atoms. The number of likely N-dealkylation sites (tertiary alicyclic amines) is 1. The van der Waals surface area contributed by atoms with Gasteiger partial charge in [0.15, 0.2) is 0 Å². The molecule has 21 heavy (non-hydrogen) atoms. The van der Waals surface area contributed by atoms with Gasteiger partial charge in [-0.05, 0) is 39.0 Å². The molecule has 2 rings (SSSR count). The van der Waals surface area contributed by atoms with E-state index in [4.69, 9.17) is 0 Å². The molecule has 1 aliphatic carbocycles. The Kier molecular flexibility index (Phi) is 5.25. The van der Waals surface area contributed by atoms with E-state index in [-0.39, 0.29) is 11.9 Å². The van der Waals surface area contributed by atoms with Crippen molar-refractivity contribution in [2.75, 3.05) is 13.1 Å². The zero-order chi connectivity index (χ0) is 15.5. The van der Waals surface area contributed by atoms with Gasteiger partial charge in [0.05, 0.1) is 11.5 Å². The smallest absolute Gasteiger partial charge is 0.309 e. The maximum Gasteiger partial charge on any atom is 0.309 e. The maximum absolute atomic E-state index is 12.3. The van der Waals surface area contributed by atoms with Crippen molar-refractivity contribution in [2.24, 2.45) is 5.41 Å². The Hall–Kier alpha value is -1.10. The maximum atomic E-state index is 12.3. The minimum absolute atomic E-state index is 0.0984. The van der Waals surface area contributed by atoms with Gasteiger partial charge in [-0.15, -0.1) is 0 Å². The zero-order valence-electron chi connectivity index (χ0n) is 13.2. The van der Waals surface area contributed by atoms with Gasteiger partial charge in [-0.2, -0.15) is 0 Å². The predicted octanol–water partition coefficient (Wildman–Crippen LogP) is 2.01. The Morgan fingerprint density at radius 3 is 2.33 bits per heavy atom. The zero-order valence-corrected chi connectivity index (χ0v) is 13.2. The Labute approximate surface area is 127 Å². The number of rotatable bonds is 5. The lowest BCUT2D eigenvalue weighted by atomic mass is 9.76. The molecule has 0 spiro atoms. The average molecular weight is 296 g/mol. The van der Waals surface area contributed by atoms with Crippen LogP contribution in [0.5, 0.6) is 0 Å². The molecular formula is C16H28N2O3. The molecule has 2 fully saturated rings. The molecule has 5 nitrogen and oxygen atoms in total. The van der Waals surface area contributed by atoms with Crippen LogP contribution in [-0.2, 0) is 9.59 Å². The first-order valence-corrected chi connectivity index (χ1v) is 8.26. The molecule has 1 amide bonds. The molecule has 1 saturated carbocycles. The normalized spacial score (nSPS) is 24.7. The average Bonchev–Trinajstić information content (AvgIpc) is 2.99. The van der Waals surface area contributed by atoms with Crippen LogP contribution in [0, 0.1) is 5.41 Å². The van der Waals surface area contributed by atoms with Gasteiger partial charge in [0.1, 0.15) is 0 Å². The quantitative estimate of drug-likeness (QED) is 0.814. The van der Waals surface area contributed by atoms with Crippen LogP contribution in [-0.4, -0.2) is 47.1 Å². The van der Waals surface area contributed by atoms with Crippen molar-refractivity contribution >= 4 is 11.9 Å². The van der Waals surface area contributed by atoms with Crippen LogP contribution >= 0.6 is 0 Å². The molecule has 2 N–H and O–H groups in total. The van der Waals surface area contributed by atoms with Crippen LogP contribution in [0.25, 0.3) is 0 Å². The standard InChI is InChI=1S/C16H28N2O3/c1-3-16(15(20)21)8-10-18(11-9-16)12(2)14(19)17-13-6-4-5-7-13/h12-13H,3-11H2,1-2H3,(H,17,19)(H,20,21). The van der Waals surface area contributed by atoms with E-state index in [1.54, 1.807) is 0 Å². The highest BCUT2D eigenvalue weighted by Gasteiger charge is 2.41. The Morgan fingerprint density at radius 1 is 1.29 bits per heavy atom. The molecule has 1 heterocycles. The van der Waals surface area contributed by atoms with Crippen molar-refractivity contribution < 1.29 is 14.7 Å². The summed E-state index contributed by atoms with van der Waals surface area (Å²) in [6.45, 7) is 5.27. The number of amides is 1. The number of nitrogens with one attached hydrogen (secondary N) is 1. The van der Waals surface area contributed by atoms with Crippen molar-refractivity contribution in [3.63, 3.8) is 0 Å². The van der Waals surface area contributed by atoms with E-state index in [1.165, 1.54) is 12.8 Å². The van der Waals surface area contributed by atoms with Gasteiger partial charge >= 0.3 is 5.97 Å². The van der Waals surface area contributed by atoms with E-state index in [0.717, 1.165) is 12.8 Å². The molecule has 0 radical (unpaired) electrons. The van der Waals surface area contributed by atoms with E-state index in [0.29, 0.717) is 38.4 Å². The van der Waals surface area contributed by atoms with Gasteiger partial charge in [0.25, 0.3) is 0 Å². The summed E-state index contributed by atoms with van der Waals surface area (Å²) in [6, 6.07) is 0.188. The number of hydrogen-bond donors (Lipinski definition) is 2. The van der Waals surface area contributed by atoms with Gasteiger partial charge in [0, 0.05) is 19.1 Å². The third kappa shape index (κ3) is 3.57. The molecule has 1 aliphatic heterocycles. The van der Waals surface area contributed by atoms with Crippen LogP contribution in [0.15, 0.2) is 0 Å². The third-order valence-corrected chi connectivity index (χ3v) is 5.51. The topological polar surface area (TPSA) is 69.6 Å². The number of carboxylic acid groups (broad SMARTS) is 1. The van der Waals surface area contributed by atoms with Crippen LogP contribution < -0.4 is 5.32 Å². The van der Waals surface area contributed by atoms with E-state index in [2.05, 4.69) is 10.2 Å². The molecule has 0 aromatic rings. The highest BCUT2D eigenvalue weighted by atomic mass is 16.4. The van der Waals surface area contributed by atoms with Crippen LogP contribution in [0.3, 0.4) is 0 Å². The largest absolute Gasteiger partial charge is 0.481 e. The number of carboxylic acids is 1. The monoisotopic (exact) mass is 296 g/mol. The molecule has 2 aliphatic rings. The first kappa shape index (κ1) is 16.3. The lowest BCUT2D eigenvalue weighted by Crippen LogP contribution is -2.52. The van der Waals surface area contributed by atoms with Crippen molar-refractivity contribution in [1.29, 1.82) is 0 Å². The van der Waals surface area contributed by atoms with Gasteiger partial charge in [-0.3, -0.25) is 14.5 Å². The van der Waals surface area contributed by atoms with Crippen molar-refractivity contribution in [1.82, 2.24) is 10.2 Å². The van der Waals surface area contributed by atoms with Gasteiger partial charge < -0.3 is 10.4 Å². The van der Waals surface area contributed by atoms with E-state index in [9.17, 15) is 14.7 Å². The minimum atomic E-state index is -0.687. The van der Waals surface area contributed by atoms with Gasteiger partial charge in [0.2, 0.25) is 5.91 Å². The SMILES string of the molecule is CCC1(C(=O)O)CCN(C(C)C(=O)NC2CCCC2)CC1. The fourth-order valence-electron chi connectivity index (χ4n) is 3.62. The number of carbonyl (C=O) groups is 2. The summed E-state index contributed by atoms with van der Waals surface area (Å²) < 4.78 is 0. The van der Waals surface area contributed by atoms with E-state index in [1.807, 2.05) is 13.8 Å². The molecule has 5 heteroatoms. The number of aliphatic carboxylic acids is 1. The summed E-state index contributed by atoms with van der Waals surface area (Å²) >= 11 is 0. The first-order chi connectivity index (χ1) is 9.98. The van der Waals surface area contributed by atoms with E-state index >= 15 is 0 Å². The Balaban J connectivity index is 1.85. The van der Waals surface area contributed by atoms with Crippen molar-refractivity contribution in [3.05, 3.63) is 0 Å². The highest BCUT2D eigenvalue weighted by Crippen LogP contribution is 2.35. The number of piperidine rings is 1. The molecule has 0 aromatic carbocycles. The van der Waals surface area contributed by atoms with Crippen molar-refractivity contribution in [3.8, 4) is 0 Å². The molecule has 0 aromatic heterocycles. The van der Waals surface area contributed by atoms with Crippen LogP contribution in [0.1, 0.15) is 58.8 Å². The first-order valence-electron chi connectivity index (χ1n) is 8.26. The summed E-state index contributed by atoms with van der Waals surface area (Å²) in [5.41, 5.74) is -0.585. The second-order valence-electron chi connectivity index (χ2n) is 6.64.